The van der Waals surface area contributed by atoms with Crippen molar-refractivity contribution >= 4 is 17.7 Å². The van der Waals surface area contributed by atoms with E-state index in [4.69, 9.17) is 4.74 Å². The maximum Gasteiger partial charge on any atom is 0.249 e. The molecule has 2 bridgehead atoms. The Labute approximate surface area is 241 Å². The first-order chi connectivity index (χ1) is 18.6. The summed E-state index contributed by atoms with van der Waals surface area (Å²) in [6.07, 6.45) is 7.26. The van der Waals surface area contributed by atoms with Crippen molar-refractivity contribution in [1.82, 2.24) is 14.7 Å². The Morgan fingerprint density at radius 3 is 2.30 bits per heavy atom. The van der Waals surface area contributed by atoms with Gasteiger partial charge in [-0.25, -0.2) is 0 Å². The molecule has 1 N–H and O–H groups in total. The third kappa shape index (κ3) is 5.76. The molecule has 8 nitrogen and oxygen atoms in total. The predicted molar refractivity (Wildman–Crippen MR) is 157 cm³/mol. The molecule has 40 heavy (non-hydrogen) atoms. The molecule has 0 aromatic carbocycles. The lowest BCUT2D eigenvalue weighted by atomic mass is 9.66. The Kier molecular flexibility index (Phi) is 9.67. The fraction of sp³-hybridized carbons (Fsp3) is 0.781. The number of rotatable bonds is 14. The Balaban J connectivity index is 2.11. The van der Waals surface area contributed by atoms with Crippen molar-refractivity contribution in [2.75, 3.05) is 32.8 Å². The number of carbonyl (C=O) groups is 3. The zero-order valence-corrected chi connectivity index (χ0v) is 26.0. The highest BCUT2D eigenvalue weighted by Gasteiger charge is 2.78. The molecule has 8 heteroatoms. The van der Waals surface area contributed by atoms with Crippen molar-refractivity contribution in [2.45, 2.75) is 110 Å². The molecule has 226 valence electrons. The van der Waals surface area contributed by atoms with Crippen LogP contribution in [0, 0.1) is 17.3 Å². The van der Waals surface area contributed by atoms with E-state index in [1.807, 2.05) is 18.7 Å². The molecule has 3 saturated heterocycles. The van der Waals surface area contributed by atoms with Gasteiger partial charge >= 0.3 is 0 Å². The quantitative estimate of drug-likeness (QED) is 0.255. The molecular weight excluding hydrogens is 506 g/mol. The van der Waals surface area contributed by atoms with E-state index in [2.05, 4.69) is 47.8 Å². The number of hydrogen-bond acceptors (Lipinski definition) is 5. The molecule has 0 aliphatic carbocycles. The van der Waals surface area contributed by atoms with Crippen molar-refractivity contribution in [3.63, 3.8) is 0 Å². The summed E-state index contributed by atoms with van der Waals surface area (Å²) in [5, 5.41) is 9.46. The highest BCUT2D eigenvalue weighted by molar-refractivity contribution is 5.99. The van der Waals surface area contributed by atoms with Crippen LogP contribution in [0.4, 0.5) is 0 Å². The number of aliphatic hydroxyl groups is 1. The predicted octanol–water partition coefficient (Wildman–Crippen LogP) is 4.18. The van der Waals surface area contributed by atoms with E-state index >= 15 is 0 Å². The molecule has 3 aliphatic heterocycles. The molecule has 3 aliphatic rings. The van der Waals surface area contributed by atoms with E-state index in [1.54, 1.807) is 22.0 Å². The minimum Gasteiger partial charge on any atom is -0.396 e. The molecule has 0 aromatic rings. The average molecular weight is 560 g/mol. The molecule has 5 atom stereocenters. The fourth-order valence-corrected chi connectivity index (χ4v) is 7.93. The van der Waals surface area contributed by atoms with Crippen LogP contribution in [0.15, 0.2) is 25.3 Å². The number of likely N-dealkylation sites (tertiary alicyclic amines) is 1. The van der Waals surface area contributed by atoms with Crippen LogP contribution in [0.3, 0.4) is 0 Å². The molecule has 0 radical (unpaired) electrons. The summed E-state index contributed by atoms with van der Waals surface area (Å²) in [4.78, 5) is 48.5. The fourth-order valence-electron chi connectivity index (χ4n) is 7.93. The normalized spacial score (nSPS) is 29.4. The van der Waals surface area contributed by atoms with Crippen molar-refractivity contribution < 1.29 is 24.2 Å². The first kappa shape index (κ1) is 32.3. The summed E-state index contributed by atoms with van der Waals surface area (Å²) in [5.74, 6) is -1.80. The number of fused-ring (bicyclic) bond motifs is 1. The van der Waals surface area contributed by atoms with Crippen LogP contribution in [0.1, 0.15) is 87.0 Å². The van der Waals surface area contributed by atoms with E-state index in [-0.39, 0.29) is 29.7 Å². The third-order valence-corrected chi connectivity index (χ3v) is 9.01. The van der Waals surface area contributed by atoms with Crippen LogP contribution in [0.25, 0.3) is 0 Å². The lowest BCUT2D eigenvalue weighted by molar-refractivity contribution is -0.157. The molecule has 3 rings (SSSR count). The Hall–Kier alpha value is -2.19. The van der Waals surface area contributed by atoms with Crippen LogP contribution in [0.5, 0.6) is 0 Å². The Bertz CT molecular complexity index is 988. The Morgan fingerprint density at radius 2 is 1.75 bits per heavy atom. The van der Waals surface area contributed by atoms with Crippen LogP contribution >= 0.6 is 0 Å². The average Bonchev–Trinajstić information content (AvgIpc) is 3.41. The molecule has 2 unspecified atom stereocenters. The van der Waals surface area contributed by atoms with E-state index < -0.39 is 34.6 Å². The van der Waals surface area contributed by atoms with Gasteiger partial charge in [-0.2, -0.15) is 0 Å². The highest BCUT2D eigenvalue weighted by atomic mass is 16.5. The summed E-state index contributed by atoms with van der Waals surface area (Å²) < 4.78 is 6.84. The lowest BCUT2D eigenvalue weighted by Crippen LogP contribution is -2.61. The molecule has 1 spiro atoms. The first-order valence-electron chi connectivity index (χ1n) is 15.1. The molecular formula is C32H53N3O5. The van der Waals surface area contributed by atoms with Gasteiger partial charge in [-0.1, -0.05) is 39.8 Å². The summed E-state index contributed by atoms with van der Waals surface area (Å²) in [7, 11) is 0. The van der Waals surface area contributed by atoms with Crippen molar-refractivity contribution in [1.29, 1.82) is 0 Å². The number of amides is 3. The second kappa shape index (κ2) is 12.0. The topological polar surface area (TPSA) is 90.4 Å². The smallest absolute Gasteiger partial charge is 0.249 e. The second-order valence-corrected chi connectivity index (χ2v) is 14.1. The van der Waals surface area contributed by atoms with Crippen molar-refractivity contribution in [3.05, 3.63) is 25.3 Å². The van der Waals surface area contributed by atoms with Gasteiger partial charge in [0.2, 0.25) is 17.7 Å². The molecule has 3 amide bonds. The lowest BCUT2D eigenvalue weighted by Gasteiger charge is -2.45. The largest absolute Gasteiger partial charge is 0.396 e. The number of nitrogens with zero attached hydrogens (tertiary/aromatic N) is 3. The van der Waals surface area contributed by atoms with Crippen molar-refractivity contribution in [2.24, 2.45) is 17.3 Å². The third-order valence-electron chi connectivity index (χ3n) is 9.01. The number of ether oxygens (including phenoxy) is 1. The second-order valence-electron chi connectivity index (χ2n) is 14.1. The van der Waals surface area contributed by atoms with E-state index in [1.165, 1.54) is 0 Å². The standard InChI is InChI=1S/C32H53N3O5/c1-10-17-33(18-11-2)26(37)23-24-27(38)34(20-13-14-21-36)25(32(24)16-15-31(23,9)40-32)28(39)35(19-12-3)30(7,8)22-29(4,5)6/h10,12,23-25,36H,1,3,11,13-22H2,2,4-9H3/t23-,24-,25?,31+,32?/m0/s1. The van der Waals surface area contributed by atoms with Crippen LogP contribution in [0.2, 0.25) is 0 Å². The monoisotopic (exact) mass is 559 g/mol. The van der Waals surface area contributed by atoms with Gasteiger partial charge in [0.05, 0.1) is 17.4 Å². The van der Waals surface area contributed by atoms with Gasteiger partial charge in [0, 0.05) is 38.3 Å². The summed E-state index contributed by atoms with van der Waals surface area (Å²) >= 11 is 0. The maximum atomic E-state index is 14.7. The van der Waals surface area contributed by atoms with Crippen LogP contribution < -0.4 is 0 Å². The van der Waals surface area contributed by atoms with Crippen molar-refractivity contribution in [3.8, 4) is 0 Å². The van der Waals surface area contributed by atoms with Crippen LogP contribution in [-0.4, -0.2) is 93.1 Å². The van der Waals surface area contributed by atoms with E-state index in [0.717, 1.165) is 12.8 Å². The van der Waals surface area contributed by atoms with Gasteiger partial charge in [-0.3, -0.25) is 14.4 Å². The number of hydrogen-bond donors (Lipinski definition) is 1. The number of unbranched alkanes of at least 4 members (excludes halogenated alkanes) is 1. The van der Waals surface area contributed by atoms with Crippen LogP contribution in [-0.2, 0) is 19.1 Å². The number of aliphatic hydroxyl groups excluding tert-OH is 1. The maximum absolute atomic E-state index is 14.7. The Morgan fingerprint density at radius 1 is 1.10 bits per heavy atom. The van der Waals surface area contributed by atoms with Gasteiger partial charge in [-0.15, -0.1) is 13.2 Å². The van der Waals surface area contributed by atoms with Gasteiger partial charge in [-0.05, 0) is 64.7 Å². The SMILES string of the molecule is C=CCN(CCC)C(=O)[C@@H]1[C@H]2C(=O)N(CCCCO)C(C(=O)N(CC=C)C(C)(C)CC(C)(C)C)C23CC[C@@]1(C)O3. The molecule has 3 fully saturated rings. The summed E-state index contributed by atoms with van der Waals surface area (Å²) in [5.41, 5.74) is -2.41. The highest BCUT2D eigenvalue weighted by Crippen LogP contribution is 2.63. The zero-order valence-electron chi connectivity index (χ0n) is 26.0. The first-order valence-corrected chi connectivity index (χ1v) is 15.1. The molecule has 3 heterocycles. The summed E-state index contributed by atoms with van der Waals surface area (Å²) in [6, 6.07) is -0.832. The minimum atomic E-state index is -1.06. The van der Waals surface area contributed by atoms with Gasteiger partial charge in [0.1, 0.15) is 11.6 Å². The van der Waals surface area contributed by atoms with Gasteiger partial charge in [0.15, 0.2) is 0 Å². The van der Waals surface area contributed by atoms with Gasteiger partial charge < -0.3 is 24.5 Å². The molecule has 0 saturated carbocycles. The number of carbonyl (C=O) groups excluding carboxylic acids is 3. The van der Waals surface area contributed by atoms with Gasteiger partial charge in [0.25, 0.3) is 0 Å². The minimum absolute atomic E-state index is 0.0135. The van der Waals surface area contributed by atoms with E-state index in [9.17, 15) is 19.5 Å². The van der Waals surface area contributed by atoms with E-state index in [0.29, 0.717) is 51.9 Å². The summed E-state index contributed by atoms with van der Waals surface area (Å²) in [6.45, 7) is 24.0. The zero-order chi connectivity index (χ0) is 30.1. The molecule has 0 aromatic heterocycles.